The van der Waals surface area contributed by atoms with Gasteiger partial charge in [-0.15, -0.1) is 0 Å². The summed E-state index contributed by atoms with van der Waals surface area (Å²) in [5, 5.41) is 7.32. The molecule has 30 heavy (non-hydrogen) atoms. The monoisotopic (exact) mass is 416 g/mol. The number of nitriles is 1. The number of alkyl halides is 3. The highest BCUT2D eigenvalue weighted by Crippen LogP contribution is 2.58. The van der Waals surface area contributed by atoms with Crippen molar-refractivity contribution in [2.75, 3.05) is 19.6 Å². The van der Waals surface area contributed by atoms with Gasteiger partial charge in [-0.2, -0.15) is 18.4 Å². The van der Waals surface area contributed by atoms with Gasteiger partial charge in [-0.25, -0.2) is 0 Å². The first kappa shape index (κ1) is 24.0. The van der Waals surface area contributed by atoms with E-state index in [-0.39, 0.29) is 12.8 Å². The minimum atomic E-state index is -4.13. The molecule has 2 nitrogen and oxygen atoms in total. The van der Waals surface area contributed by atoms with Gasteiger partial charge in [0, 0.05) is 13.5 Å². The van der Waals surface area contributed by atoms with Crippen LogP contribution in [0, 0.1) is 11.3 Å². The largest absolute Gasteiger partial charge is 0.398 e. The van der Waals surface area contributed by atoms with Crippen LogP contribution in [0.2, 0.25) is 0 Å². The van der Waals surface area contributed by atoms with Gasteiger partial charge in [0.05, 0.1) is 11.5 Å². The van der Waals surface area contributed by atoms with Crippen LogP contribution < -0.4 is 0 Å². The van der Waals surface area contributed by atoms with E-state index >= 15 is 0 Å². The molecule has 0 amide bonds. The summed E-state index contributed by atoms with van der Waals surface area (Å²) < 4.78 is 39.6. The van der Waals surface area contributed by atoms with E-state index in [2.05, 4.69) is 36.1 Å². The van der Waals surface area contributed by atoms with Gasteiger partial charge in [0.25, 0.3) is 0 Å². The minimum absolute atomic E-state index is 0.225. The van der Waals surface area contributed by atoms with Crippen molar-refractivity contribution in [3.05, 3.63) is 71.3 Å². The molecule has 0 aliphatic heterocycles. The average Bonchev–Trinajstić information content (AvgIpc) is 3.55. The Morgan fingerprint density at radius 1 is 0.933 bits per heavy atom. The summed E-state index contributed by atoms with van der Waals surface area (Å²) in [6, 6.07) is 19.4. The van der Waals surface area contributed by atoms with Gasteiger partial charge in [-0.1, -0.05) is 61.5 Å². The lowest BCUT2D eigenvalue weighted by atomic mass is 9.94. The summed E-state index contributed by atoms with van der Waals surface area (Å²) >= 11 is 0. The second kappa shape index (κ2) is 11.2. The predicted molar refractivity (Wildman–Crippen MR) is 115 cm³/mol. The van der Waals surface area contributed by atoms with Crippen molar-refractivity contribution in [1.29, 1.82) is 5.26 Å². The van der Waals surface area contributed by atoms with Crippen molar-refractivity contribution in [1.82, 2.24) is 4.90 Å². The molecular weight excluding hydrogens is 385 g/mol. The second-order valence-corrected chi connectivity index (χ2v) is 7.77. The molecule has 0 heterocycles. The fourth-order valence-corrected chi connectivity index (χ4v) is 3.72. The number of nitrogens with zero attached hydrogens (tertiary/aromatic N) is 2. The van der Waals surface area contributed by atoms with Crippen LogP contribution in [0.15, 0.2) is 54.6 Å². The van der Waals surface area contributed by atoms with Gasteiger partial charge >= 0.3 is 6.18 Å². The van der Waals surface area contributed by atoms with Crippen LogP contribution in [0.1, 0.15) is 49.8 Å². The summed E-state index contributed by atoms with van der Waals surface area (Å²) in [6.45, 7) is 6.66. The molecular formula is C25H31F3N2. The topological polar surface area (TPSA) is 27.0 Å². The number of rotatable bonds is 9. The lowest BCUT2D eigenvalue weighted by molar-refractivity contribution is -0.160. The van der Waals surface area contributed by atoms with Crippen molar-refractivity contribution in [2.45, 2.75) is 57.5 Å². The summed E-state index contributed by atoms with van der Waals surface area (Å²) in [5.74, 6) is 0. The maximum absolute atomic E-state index is 13.2. The van der Waals surface area contributed by atoms with E-state index in [4.69, 9.17) is 5.26 Å². The molecule has 1 aliphatic rings. The predicted octanol–water partition coefficient (Wildman–Crippen LogP) is 6.31. The van der Waals surface area contributed by atoms with Crippen LogP contribution in [0.3, 0.4) is 0 Å². The minimum Gasteiger partial charge on any atom is -0.303 e. The molecule has 0 bridgehead atoms. The molecule has 0 radical (unpaired) electrons. The molecule has 0 aromatic heterocycles. The Morgan fingerprint density at radius 2 is 1.50 bits per heavy atom. The average molecular weight is 417 g/mol. The molecule has 2 aromatic carbocycles. The highest BCUT2D eigenvalue weighted by molar-refractivity contribution is 5.35. The zero-order valence-electron chi connectivity index (χ0n) is 17.9. The maximum atomic E-state index is 13.2. The lowest BCUT2D eigenvalue weighted by Gasteiger charge is -2.21. The fraction of sp³-hybridized carbons (Fsp3) is 0.480. The molecule has 162 valence electrons. The van der Waals surface area contributed by atoms with Crippen LogP contribution in [-0.4, -0.2) is 30.7 Å². The molecule has 1 saturated carbocycles. The van der Waals surface area contributed by atoms with Crippen molar-refractivity contribution >= 4 is 0 Å². The first-order chi connectivity index (χ1) is 14.4. The Balaban J connectivity index is 0.00000101. The van der Waals surface area contributed by atoms with E-state index in [1.165, 1.54) is 12.5 Å². The van der Waals surface area contributed by atoms with E-state index in [0.717, 1.165) is 44.5 Å². The van der Waals surface area contributed by atoms with Gasteiger partial charge in [0.2, 0.25) is 0 Å². The fourth-order valence-electron chi connectivity index (χ4n) is 3.72. The smallest absolute Gasteiger partial charge is 0.303 e. The SMILES string of the molecule is CC#N.CCN(CCCc1ccc(C2(C(F)(F)F)CC2)cc1)CCc1ccccc1. The quantitative estimate of drug-likeness (QED) is 0.479. The third kappa shape index (κ3) is 6.60. The third-order valence-electron chi connectivity index (χ3n) is 5.75. The molecule has 1 aliphatic carbocycles. The lowest BCUT2D eigenvalue weighted by Crippen LogP contribution is -2.28. The molecule has 2 aromatic rings. The van der Waals surface area contributed by atoms with Crippen LogP contribution in [0.5, 0.6) is 0 Å². The highest BCUT2D eigenvalue weighted by Gasteiger charge is 2.64. The molecule has 3 rings (SSSR count). The van der Waals surface area contributed by atoms with Crippen molar-refractivity contribution in [3.8, 4) is 6.07 Å². The summed E-state index contributed by atoms with van der Waals surface area (Å²) in [4.78, 5) is 2.43. The van der Waals surface area contributed by atoms with Gasteiger partial charge < -0.3 is 4.90 Å². The van der Waals surface area contributed by atoms with Gasteiger partial charge in [0.1, 0.15) is 0 Å². The van der Waals surface area contributed by atoms with E-state index in [0.29, 0.717) is 5.56 Å². The Kier molecular flexibility index (Phi) is 8.92. The van der Waals surface area contributed by atoms with Crippen LogP contribution in [0.25, 0.3) is 0 Å². The van der Waals surface area contributed by atoms with Gasteiger partial charge in [0.15, 0.2) is 0 Å². The molecule has 0 N–H and O–H groups in total. The molecule has 0 spiro atoms. The van der Waals surface area contributed by atoms with E-state index < -0.39 is 11.6 Å². The Bertz CT molecular complexity index is 788. The van der Waals surface area contributed by atoms with E-state index in [1.54, 1.807) is 18.2 Å². The first-order valence-electron chi connectivity index (χ1n) is 10.6. The van der Waals surface area contributed by atoms with Crippen LogP contribution >= 0.6 is 0 Å². The summed E-state index contributed by atoms with van der Waals surface area (Å²) in [7, 11) is 0. The molecule has 0 atom stereocenters. The number of likely N-dealkylation sites (N-methyl/N-ethyl adjacent to an activating group) is 1. The second-order valence-electron chi connectivity index (χ2n) is 7.77. The summed E-state index contributed by atoms with van der Waals surface area (Å²) in [5.41, 5.74) is 1.33. The van der Waals surface area contributed by atoms with Crippen LogP contribution in [0.4, 0.5) is 13.2 Å². The van der Waals surface area contributed by atoms with Crippen molar-refractivity contribution < 1.29 is 13.2 Å². The van der Waals surface area contributed by atoms with Crippen molar-refractivity contribution in [2.24, 2.45) is 0 Å². The molecule has 1 fully saturated rings. The Morgan fingerprint density at radius 3 is 2.00 bits per heavy atom. The maximum Gasteiger partial charge on any atom is 0.398 e. The zero-order chi connectivity index (χ0) is 22.0. The number of benzene rings is 2. The normalized spacial score (nSPS) is 14.6. The molecule has 5 heteroatoms. The van der Waals surface area contributed by atoms with Crippen LogP contribution in [-0.2, 0) is 18.3 Å². The van der Waals surface area contributed by atoms with Gasteiger partial charge in [-0.3, -0.25) is 0 Å². The molecule has 0 unspecified atom stereocenters. The number of hydrogen-bond donors (Lipinski definition) is 0. The zero-order valence-corrected chi connectivity index (χ0v) is 17.9. The number of halogens is 3. The van der Waals surface area contributed by atoms with Crippen molar-refractivity contribution in [3.63, 3.8) is 0 Å². The van der Waals surface area contributed by atoms with E-state index in [9.17, 15) is 13.2 Å². The standard InChI is InChI=1S/C23H28F3N.C2H3N/c1-2-27(18-14-19-7-4-3-5-8-19)17-6-9-20-10-12-21(13-11-20)22(15-16-22)23(24,25)26;1-2-3/h3-5,7-8,10-13H,2,6,9,14-18H2,1H3;1H3. The third-order valence-corrected chi connectivity index (χ3v) is 5.75. The van der Waals surface area contributed by atoms with E-state index in [1.807, 2.05) is 18.2 Å². The summed E-state index contributed by atoms with van der Waals surface area (Å²) in [6.07, 6.45) is -0.712. The number of aryl methyl sites for hydroxylation is 1. The number of hydrogen-bond acceptors (Lipinski definition) is 2. The first-order valence-corrected chi connectivity index (χ1v) is 10.6. The van der Waals surface area contributed by atoms with Gasteiger partial charge in [-0.05, 0) is 61.9 Å². The highest BCUT2D eigenvalue weighted by atomic mass is 19.4. The Labute approximate surface area is 178 Å². The molecule has 0 saturated heterocycles. The Hall–Kier alpha value is -2.32.